The zero-order chi connectivity index (χ0) is 21.8. The van der Waals surface area contributed by atoms with Crippen LogP contribution in [0.3, 0.4) is 0 Å². The summed E-state index contributed by atoms with van der Waals surface area (Å²) in [5.74, 6) is -0.820. The van der Waals surface area contributed by atoms with E-state index in [2.05, 4.69) is 10.6 Å². The van der Waals surface area contributed by atoms with Gasteiger partial charge in [-0.1, -0.05) is 71.2 Å². The van der Waals surface area contributed by atoms with Gasteiger partial charge in [0, 0.05) is 33.1 Å². The van der Waals surface area contributed by atoms with E-state index < -0.39 is 17.4 Å². The topological polar surface area (TPSA) is 58.2 Å². The van der Waals surface area contributed by atoms with Crippen LogP contribution in [0.1, 0.15) is 35.1 Å². The van der Waals surface area contributed by atoms with Crippen LogP contribution in [0, 0.1) is 0 Å². The van der Waals surface area contributed by atoms with Crippen LogP contribution in [0.5, 0.6) is 0 Å². The molecular weight excluding hydrogens is 455 g/mol. The van der Waals surface area contributed by atoms with Crippen molar-refractivity contribution in [1.82, 2.24) is 5.32 Å². The van der Waals surface area contributed by atoms with Crippen LogP contribution in [0.15, 0.2) is 66.7 Å². The molecule has 2 N–H and O–H groups in total. The summed E-state index contributed by atoms with van der Waals surface area (Å²) in [6, 6.07) is 19.3. The highest BCUT2D eigenvalue weighted by molar-refractivity contribution is 6.32. The number of fused-ring (bicyclic) bond motifs is 2. The summed E-state index contributed by atoms with van der Waals surface area (Å²) < 4.78 is 0. The molecule has 0 bridgehead atoms. The Bertz CT molecular complexity index is 1230. The number of carbonyl (C=O) groups is 2. The molecule has 0 aromatic heterocycles. The molecule has 2 heterocycles. The van der Waals surface area contributed by atoms with Crippen molar-refractivity contribution >= 4 is 52.3 Å². The molecule has 31 heavy (non-hydrogen) atoms. The third-order valence-electron chi connectivity index (χ3n) is 6.22. The highest BCUT2D eigenvalue weighted by Gasteiger charge is 2.61. The Kier molecular flexibility index (Phi) is 4.97. The lowest BCUT2D eigenvalue weighted by molar-refractivity contribution is -0.131. The van der Waals surface area contributed by atoms with Crippen LogP contribution >= 0.6 is 34.8 Å². The van der Waals surface area contributed by atoms with Gasteiger partial charge in [0.1, 0.15) is 5.41 Å². The summed E-state index contributed by atoms with van der Waals surface area (Å²) in [4.78, 5) is 26.7. The van der Waals surface area contributed by atoms with Crippen LogP contribution < -0.4 is 10.6 Å². The number of halogens is 3. The van der Waals surface area contributed by atoms with Crippen molar-refractivity contribution in [3.63, 3.8) is 0 Å². The second kappa shape index (κ2) is 7.56. The van der Waals surface area contributed by atoms with E-state index >= 15 is 0 Å². The molecule has 2 aliphatic heterocycles. The Labute approximate surface area is 194 Å². The van der Waals surface area contributed by atoms with Gasteiger partial charge in [0.05, 0.1) is 6.04 Å². The van der Waals surface area contributed by atoms with Crippen LogP contribution in [0.2, 0.25) is 15.1 Å². The summed E-state index contributed by atoms with van der Waals surface area (Å²) in [6.45, 7) is 0. The maximum atomic E-state index is 13.8. The molecule has 0 aliphatic carbocycles. The molecule has 5 rings (SSSR count). The molecule has 3 aromatic rings. The molecule has 3 aromatic carbocycles. The van der Waals surface area contributed by atoms with Crippen LogP contribution in [-0.2, 0) is 15.0 Å². The number of nitrogens with one attached hydrogen (secondary N) is 2. The molecule has 2 aliphatic rings. The lowest BCUT2D eigenvalue weighted by atomic mass is 9.59. The number of benzene rings is 3. The van der Waals surface area contributed by atoms with Gasteiger partial charge in [-0.3, -0.25) is 9.59 Å². The van der Waals surface area contributed by atoms with Gasteiger partial charge in [-0.2, -0.15) is 0 Å². The minimum atomic E-state index is -1.12. The molecule has 1 saturated heterocycles. The first-order valence-corrected chi connectivity index (χ1v) is 11.0. The van der Waals surface area contributed by atoms with Gasteiger partial charge in [0.15, 0.2) is 0 Å². The maximum Gasteiger partial charge on any atom is 0.238 e. The number of hydrogen-bond donors (Lipinski definition) is 2. The molecule has 7 heteroatoms. The van der Waals surface area contributed by atoms with Crippen molar-refractivity contribution in [3.8, 4) is 0 Å². The lowest BCUT2D eigenvalue weighted by Crippen LogP contribution is -2.56. The molecule has 1 spiro atoms. The number of rotatable bonds is 2. The van der Waals surface area contributed by atoms with Crippen molar-refractivity contribution in [1.29, 1.82) is 0 Å². The van der Waals surface area contributed by atoms with E-state index in [0.29, 0.717) is 26.3 Å². The van der Waals surface area contributed by atoms with Crippen LogP contribution in [0.4, 0.5) is 5.69 Å². The van der Waals surface area contributed by atoms with Crippen molar-refractivity contribution in [2.75, 3.05) is 5.32 Å². The molecule has 1 fully saturated rings. The summed E-state index contributed by atoms with van der Waals surface area (Å²) in [5, 5.41) is 7.60. The van der Waals surface area contributed by atoms with E-state index in [1.54, 1.807) is 24.3 Å². The van der Waals surface area contributed by atoms with Gasteiger partial charge in [-0.05, 0) is 47.0 Å². The highest BCUT2D eigenvalue weighted by Crippen LogP contribution is 2.58. The summed E-state index contributed by atoms with van der Waals surface area (Å²) in [7, 11) is 0. The maximum absolute atomic E-state index is 13.8. The Morgan fingerprint density at radius 2 is 1.65 bits per heavy atom. The van der Waals surface area contributed by atoms with Gasteiger partial charge in [-0.15, -0.1) is 0 Å². The zero-order valence-electron chi connectivity index (χ0n) is 16.2. The Balaban J connectivity index is 1.83. The Morgan fingerprint density at radius 3 is 2.42 bits per heavy atom. The number of carbonyl (C=O) groups excluding carboxylic acids is 2. The van der Waals surface area contributed by atoms with E-state index in [-0.39, 0.29) is 18.2 Å². The fraction of sp³-hybridized carbons (Fsp3) is 0.167. The van der Waals surface area contributed by atoms with Crippen LogP contribution in [0.25, 0.3) is 0 Å². The smallest absolute Gasteiger partial charge is 0.238 e. The predicted octanol–water partition coefficient (Wildman–Crippen LogP) is 5.88. The van der Waals surface area contributed by atoms with E-state index in [1.807, 2.05) is 42.5 Å². The average Bonchev–Trinajstić information content (AvgIpc) is 3.01. The second-order valence-electron chi connectivity index (χ2n) is 7.85. The number of piperidine rings is 1. The Morgan fingerprint density at radius 1 is 0.871 bits per heavy atom. The first kappa shape index (κ1) is 20.4. The van der Waals surface area contributed by atoms with E-state index in [4.69, 9.17) is 34.8 Å². The molecular formula is C24H17Cl3N2O2. The average molecular weight is 472 g/mol. The largest absolute Gasteiger partial charge is 0.348 e. The minimum Gasteiger partial charge on any atom is -0.348 e. The molecule has 156 valence electrons. The standard InChI is InChI=1S/C24H17Cl3N2O2/c25-14-5-3-4-13(10-14)18-12-21(30)29-22(16-6-1-2-7-19(16)27)24(18)17-9-8-15(26)11-20(17)28-23(24)31/h1-11,18,22H,12H2,(H,28,31)(H,29,30)/t18-,22-,24-/m0/s1. The lowest BCUT2D eigenvalue weighted by Gasteiger charge is -2.46. The molecule has 0 saturated carbocycles. The molecule has 2 amide bonds. The van der Waals surface area contributed by atoms with Gasteiger partial charge in [-0.25, -0.2) is 0 Å². The van der Waals surface area contributed by atoms with Crippen molar-refractivity contribution in [2.45, 2.75) is 23.8 Å². The SMILES string of the molecule is O=C1C[C@@H](c2cccc(Cl)c2)[C@]2(C(=O)Nc3cc(Cl)ccc32)[C@H](c2ccccc2Cl)N1. The first-order chi connectivity index (χ1) is 14.9. The third-order valence-corrected chi connectivity index (χ3v) is 7.03. The summed E-state index contributed by atoms with van der Waals surface area (Å²) in [5.41, 5.74) is 1.79. The van der Waals surface area contributed by atoms with Gasteiger partial charge in [0.2, 0.25) is 11.8 Å². The zero-order valence-corrected chi connectivity index (χ0v) is 18.4. The normalized spacial score (nSPS) is 24.6. The van der Waals surface area contributed by atoms with Crippen molar-refractivity contribution < 1.29 is 9.59 Å². The van der Waals surface area contributed by atoms with E-state index in [9.17, 15) is 9.59 Å². The number of amides is 2. The van der Waals surface area contributed by atoms with Crippen molar-refractivity contribution in [3.05, 3.63) is 98.5 Å². The molecule has 0 radical (unpaired) electrons. The number of hydrogen-bond acceptors (Lipinski definition) is 2. The first-order valence-electron chi connectivity index (χ1n) is 9.82. The van der Waals surface area contributed by atoms with Crippen molar-refractivity contribution in [2.24, 2.45) is 0 Å². The summed E-state index contributed by atoms with van der Waals surface area (Å²) >= 11 is 19.1. The quantitative estimate of drug-likeness (QED) is 0.490. The van der Waals surface area contributed by atoms with Crippen LogP contribution in [-0.4, -0.2) is 11.8 Å². The van der Waals surface area contributed by atoms with Gasteiger partial charge in [0.25, 0.3) is 0 Å². The predicted molar refractivity (Wildman–Crippen MR) is 123 cm³/mol. The molecule has 3 atom stereocenters. The third kappa shape index (κ3) is 3.13. The molecule has 4 nitrogen and oxygen atoms in total. The summed E-state index contributed by atoms with van der Waals surface area (Å²) in [6.07, 6.45) is 0.136. The minimum absolute atomic E-state index is 0.136. The van der Waals surface area contributed by atoms with E-state index in [1.165, 1.54) is 0 Å². The Hall–Kier alpha value is -2.53. The second-order valence-corrected chi connectivity index (χ2v) is 9.13. The monoisotopic (exact) mass is 470 g/mol. The fourth-order valence-electron chi connectivity index (χ4n) is 4.98. The molecule has 0 unspecified atom stereocenters. The highest BCUT2D eigenvalue weighted by atomic mass is 35.5. The van der Waals surface area contributed by atoms with E-state index in [0.717, 1.165) is 11.1 Å². The number of anilines is 1. The van der Waals surface area contributed by atoms with Gasteiger partial charge >= 0.3 is 0 Å². The fourth-order valence-corrected chi connectivity index (χ4v) is 5.59. The van der Waals surface area contributed by atoms with Gasteiger partial charge < -0.3 is 10.6 Å².